The molecule has 2 rings (SSSR count). The van der Waals surface area contributed by atoms with E-state index in [0.29, 0.717) is 24.5 Å². The highest BCUT2D eigenvalue weighted by atomic mass is 35.5. The molecule has 0 fully saturated rings. The minimum atomic E-state index is -0.461. The van der Waals surface area contributed by atoms with Gasteiger partial charge < -0.3 is 9.47 Å². The van der Waals surface area contributed by atoms with Crippen LogP contribution in [-0.2, 0) is 11.3 Å². The Morgan fingerprint density at radius 1 is 1.14 bits per heavy atom. The van der Waals surface area contributed by atoms with E-state index in [4.69, 9.17) is 32.7 Å². The molecule has 0 spiro atoms. The van der Waals surface area contributed by atoms with Gasteiger partial charge in [-0.1, -0.05) is 47.5 Å². The molecule has 116 valence electrons. The lowest BCUT2D eigenvalue weighted by Gasteiger charge is -2.12. The van der Waals surface area contributed by atoms with Crippen molar-refractivity contribution in [1.82, 2.24) is 0 Å². The van der Waals surface area contributed by atoms with Crippen LogP contribution in [0.2, 0.25) is 10.0 Å². The van der Waals surface area contributed by atoms with E-state index in [9.17, 15) is 4.79 Å². The third kappa shape index (κ3) is 3.93. The molecule has 0 saturated heterocycles. The van der Waals surface area contributed by atoms with Gasteiger partial charge >= 0.3 is 5.97 Å². The monoisotopic (exact) mass is 338 g/mol. The van der Waals surface area contributed by atoms with Crippen molar-refractivity contribution >= 4 is 29.2 Å². The van der Waals surface area contributed by atoms with E-state index in [1.165, 1.54) is 12.1 Å². The summed E-state index contributed by atoms with van der Waals surface area (Å²) < 4.78 is 10.6. The van der Waals surface area contributed by atoms with Crippen LogP contribution >= 0.6 is 23.2 Å². The Morgan fingerprint density at radius 2 is 1.77 bits per heavy atom. The first-order valence-electron chi connectivity index (χ1n) is 6.86. The van der Waals surface area contributed by atoms with Crippen LogP contribution in [-0.4, -0.2) is 12.6 Å². The van der Waals surface area contributed by atoms with E-state index in [-0.39, 0.29) is 10.0 Å². The molecule has 0 aliphatic carbocycles. The maximum Gasteiger partial charge on any atom is 0.338 e. The molecule has 0 aromatic heterocycles. The molecule has 0 aliphatic rings. The fourth-order valence-corrected chi connectivity index (χ4v) is 2.55. The minimum absolute atomic E-state index is 0.282. The van der Waals surface area contributed by atoms with Crippen molar-refractivity contribution < 1.29 is 14.3 Å². The minimum Gasteiger partial charge on any atom is -0.486 e. The summed E-state index contributed by atoms with van der Waals surface area (Å²) >= 11 is 12.3. The van der Waals surface area contributed by atoms with Gasteiger partial charge in [-0.05, 0) is 37.1 Å². The van der Waals surface area contributed by atoms with Crippen LogP contribution in [0.3, 0.4) is 0 Å². The van der Waals surface area contributed by atoms with Crippen LogP contribution in [0.5, 0.6) is 5.75 Å². The topological polar surface area (TPSA) is 35.5 Å². The van der Waals surface area contributed by atoms with Gasteiger partial charge in [0.25, 0.3) is 0 Å². The Balaban J connectivity index is 2.18. The molecule has 0 N–H and O–H groups in total. The molecule has 0 unspecified atom stereocenters. The van der Waals surface area contributed by atoms with Crippen LogP contribution in [0.15, 0.2) is 36.4 Å². The predicted octanol–water partition coefficient (Wildman–Crippen LogP) is 5.06. The van der Waals surface area contributed by atoms with Crippen molar-refractivity contribution in [2.24, 2.45) is 0 Å². The first-order valence-corrected chi connectivity index (χ1v) is 7.62. The third-order valence-electron chi connectivity index (χ3n) is 3.14. The second-order valence-corrected chi connectivity index (χ2v) is 5.52. The van der Waals surface area contributed by atoms with Crippen molar-refractivity contribution in [3.8, 4) is 5.75 Å². The normalized spacial score (nSPS) is 10.4. The molecule has 2 aromatic rings. The summed E-state index contributed by atoms with van der Waals surface area (Å²) in [6.45, 7) is 4.39. The van der Waals surface area contributed by atoms with Crippen LogP contribution in [0.4, 0.5) is 0 Å². The first-order chi connectivity index (χ1) is 10.5. The summed E-state index contributed by atoms with van der Waals surface area (Å²) in [5.74, 6) is -0.101. The fourth-order valence-electron chi connectivity index (χ4n) is 1.95. The zero-order chi connectivity index (χ0) is 16.1. The van der Waals surface area contributed by atoms with Gasteiger partial charge in [-0.3, -0.25) is 0 Å². The molecule has 0 aliphatic heterocycles. The number of halogens is 2. The van der Waals surface area contributed by atoms with E-state index in [1.54, 1.807) is 6.92 Å². The second kappa shape index (κ2) is 7.52. The molecule has 5 heteroatoms. The van der Waals surface area contributed by atoms with Gasteiger partial charge in [0.05, 0.1) is 22.2 Å². The van der Waals surface area contributed by atoms with Gasteiger partial charge in [0.15, 0.2) is 5.75 Å². The number of benzene rings is 2. The molecule has 0 heterocycles. The molecule has 2 aromatic carbocycles. The predicted molar refractivity (Wildman–Crippen MR) is 87.9 cm³/mol. The fraction of sp³-hybridized carbons (Fsp3) is 0.235. The molecular weight excluding hydrogens is 323 g/mol. The second-order valence-electron chi connectivity index (χ2n) is 4.70. The number of rotatable bonds is 5. The standard InChI is InChI=1S/C17H16Cl2O3/c1-3-21-17(20)13-8-14(18)16(15(19)9-13)22-10-12-7-5-4-6-11(12)2/h4-9H,3,10H2,1-2H3. The summed E-state index contributed by atoms with van der Waals surface area (Å²) in [5, 5.41) is 0.563. The average Bonchev–Trinajstić information content (AvgIpc) is 2.48. The third-order valence-corrected chi connectivity index (χ3v) is 3.70. The number of aryl methyl sites for hydroxylation is 1. The number of carbonyl (C=O) groups is 1. The van der Waals surface area contributed by atoms with Gasteiger partial charge in [-0.25, -0.2) is 4.79 Å². The quantitative estimate of drug-likeness (QED) is 0.715. The van der Waals surface area contributed by atoms with Crippen LogP contribution < -0.4 is 4.74 Å². The van der Waals surface area contributed by atoms with Crippen LogP contribution in [0, 0.1) is 6.92 Å². The summed E-state index contributed by atoms with van der Waals surface area (Å²) in [6.07, 6.45) is 0. The lowest BCUT2D eigenvalue weighted by atomic mass is 10.1. The highest BCUT2D eigenvalue weighted by Crippen LogP contribution is 2.35. The summed E-state index contributed by atoms with van der Waals surface area (Å²) in [4.78, 5) is 11.7. The molecule has 0 bridgehead atoms. The number of hydrogen-bond donors (Lipinski definition) is 0. The summed E-state index contributed by atoms with van der Waals surface area (Å²) in [7, 11) is 0. The van der Waals surface area contributed by atoms with Gasteiger partial charge in [-0.15, -0.1) is 0 Å². The van der Waals surface area contributed by atoms with Gasteiger partial charge in [-0.2, -0.15) is 0 Å². The zero-order valence-corrected chi connectivity index (χ0v) is 13.9. The van der Waals surface area contributed by atoms with Crippen molar-refractivity contribution in [3.63, 3.8) is 0 Å². The highest BCUT2D eigenvalue weighted by Gasteiger charge is 2.15. The molecule has 22 heavy (non-hydrogen) atoms. The Labute approximate surface area is 139 Å². The van der Waals surface area contributed by atoms with E-state index in [0.717, 1.165) is 11.1 Å². The van der Waals surface area contributed by atoms with Crippen molar-refractivity contribution in [3.05, 3.63) is 63.1 Å². The number of esters is 1. The van der Waals surface area contributed by atoms with Crippen molar-refractivity contribution in [1.29, 1.82) is 0 Å². The highest BCUT2D eigenvalue weighted by molar-refractivity contribution is 6.37. The van der Waals surface area contributed by atoms with Crippen LogP contribution in [0.1, 0.15) is 28.4 Å². The van der Waals surface area contributed by atoms with Gasteiger partial charge in [0.1, 0.15) is 6.61 Å². The summed E-state index contributed by atoms with van der Waals surface area (Å²) in [5.41, 5.74) is 2.47. The Morgan fingerprint density at radius 3 is 2.36 bits per heavy atom. The SMILES string of the molecule is CCOC(=O)c1cc(Cl)c(OCc2ccccc2C)c(Cl)c1. The molecule has 0 amide bonds. The van der Waals surface area contributed by atoms with Crippen molar-refractivity contribution in [2.45, 2.75) is 20.5 Å². The van der Waals surface area contributed by atoms with Gasteiger partial charge in [0, 0.05) is 0 Å². The Hall–Kier alpha value is -1.71. The lowest BCUT2D eigenvalue weighted by molar-refractivity contribution is 0.0526. The molecule has 3 nitrogen and oxygen atoms in total. The summed E-state index contributed by atoms with van der Waals surface area (Å²) in [6, 6.07) is 10.9. The average molecular weight is 339 g/mol. The van der Waals surface area contributed by atoms with Crippen LogP contribution in [0.25, 0.3) is 0 Å². The number of hydrogen-bond acceptors (Lipinski definition) is 3. The lowest BCUT2D eigenvalue weighted by Crippen LogP contribution is -2.05. The Bertz CT molecular complexity index is 660. The largest absolute Gasteiger partial charge is 0.486 e. The van der Waals surface area contributed by atoms with Gasteiger partial charge in [0.2, 0.25) is 0 Å². The van der Waals surface area contributed by atoms with E-state index in [1.807, 2.05) is 31.2 Å². The van der Waals surface area contributed by atoms with Crippen molar-refractivity contribution in [2.75, 3.05) is 6.61 Å². The number of carbonyl (C=O) groups excluding carboxylic acids is 1. The Kier molecular flexibility index (Phi) is 5.69. The molecule has 0 radical (unpaired) electrons. The number of ether oxygens (including phenoxy) is 2. The molecule has 0 saturated carbocycles. The first kappa shape index (κ1) is 16.7. The maximum atomic E-state index is 11.7. The molecular formula is C17H16Cl2O3. The van der Waals surface area contributed by atoms with E-state index in [2.05, 4.69) is 0 Å². The van der Waals surface area contributed by atoms with E-state index >= 15 is 0 Å². The zero-order valence-electron chi connectivity index (χ0n) is 12.4. The van der Waals surface area contributed by atoms with E-state index < -0.39 is 5.97 Å². The smallest absolute Gasteiger partial charge is 0.338 e. The maximum absolute atomic E-state index is 11.7. The molecule has 0 atom stereocenters.